The number of nitrogens with zero attached hydrogens (tertiary/aromatic N) is 2. The van der Waals surface area contributed by atoms with Gasteiger partial charge in [-0.2, -0.15) is 5.06 Å². The molecule has 5 heteroatoms. The molecule has 0 aliphatic carbocycles. The molecule has 5 nitrogen and oxygen atoms in total. The van der Waals surface area contributed by atoms with E-state index in [1.807, 2.05) is 18.2 Å². The van der Waals surface area contributed by atoms with Crippen LogP contribution in [0.2, 0.25) is 0 Å². The van der Waals surface area contributed by atoms with E-state index in [0.29, 0.717) is 10.8 Å². The van der Waals surface area contributed by atoms with Crippen molar-refractivity contribution in [1.29, 1.82) is 0 Å². The molecule has 0 spiro atoms. The molecule has 1 heterocycles. The molecule has 0 unspecified atom stereocenters. The summed E-state index contributed by atoms with van der Waals surface area (Å²) in [6.45, 7) is 8.37. The Balaban J connectivity index is 2.02. The molecule has 0 aromatic heterocycles. The molecule has 1 saturated heterocycles. The second-order valence-electron chi connectivity index (χ2n) is 6.80. The maximum Gasteiger partial charge on any atom is 0.439 e. The smallest absolute Gasteiger partial charge is 0.439 e. The molecule has 1 fully saturated rings. The van der Waals surface area contributed by atoms with Gasteiger partial charge in [0.2, 0.25) is 0 Å². The van der Waals surface area contributed by atoms with Gasteiger partial charge in [0.15, 0.2) is 0 Å². The summed E-state index contributed by atoms with van der Waals surface area (Å²) in [4.78, 5) is 14.3. The number of likely N-dealkylation sites (tertiary alicyclic amines) is 1. The number of hydroxylamine groups is 1. The van der Waals surface area contributed by atoms with E-state index in [0.717, 1.165) is 25.2 Å². The zero-order chi connectivity index (χ0) is 16.2. The lowest BCUT2D eigenvalue weighted by molar-refractivity contribution is 0.0407. The van der Waals surface area contributed by atoms with Crippen LogP contribution in [0.15, 0.2) is 24.3 Å². The molecular weight excluding hydrogens is 280 g/mol. The molecule has 1 aromatic carbocycles. The van der Waals surface area contributed by atoms with Crippen molar-refractivity contribution in [2.75, 3.05) is 18.2 Å². The zero-order valence-electron chi connectivity index (χ0n) is 13.7. The Bertz CT molecular complexity index is 505. The second kappa shape index (κ2) is 7.11. The average molecular weight is 306 g/mol. The number of benzene rings is 1. The Hall–Kier alpha value is -1.59. The lowest BCUT2D eigenvalue weighted by Gasteiger charge is -2.27. The Morgan fingerprint density at radius 3 is 2.59 bits per heavy atom. The Kier molecular flexibility index (Phi) is 5.42. The number of carbonyl (C=O) groups excluding carboxylic acids is 1. The maximum atomic E-state index is 11.9. The molecule has 0 atom stereocenters. The molecule has 122 valence electrons. The average Bonchev–Trinajstić information content (AvgIpc) is 2.46. The van der Waals surface area contributed by atoms with Crippen molar-refractivity contribution in [2.24, 2.45) is 0 Å². The van der Waals surface area contributed by atoms with Crippen LogP contribution in [-0.4, -0.2) is 34.9 Å². The van der Waals surface area contributed by atoms with E-state index in [2.05, 4.69) is 4.90 Å². The fraction of sp³-hybridized carbons (Fsp3) is 0.588. The Morgan fingerprint density at radius 1 is 1.27 bits per heavy atom. The quantitative estimate of drug-likeness (QED) is 0.681. The number of amides is 1. The van der Waals surface area contributed by atoms with E-state index in [1.54, 1.807) is 26.8 Å². The van der Waals surface area contributed by atoms with Crippen molar-refractivity contribution >= 4 is 11.8 Å². The Labute approximate surface area is 132 Å². The van der Waals surface area contributed by atoms with Gasteiger partial charge in [0.05, 0.1) is 5.69 Å². The van der Waals surface area contributed by atoms with Gasteiger partial charge in [0.25, 0.3) is 0 Å². The van der Waals surface area contributed by atoms with Crippen LogP contribution in [0, 0.1) is 0 Å². The Morgan fingerprint density at radius 2 is 1.95 bits per heavy atom. The van der Waals surface area contributed by atoms with Crippen LogP contribution >= 0.6 is 0 Å². The number of carbonyl (C=O) groups is 1. The first-order valence-electron chi connectivity index (χ1n) is 7.88. The molecule has 1 aromatic rings. The number of hydrogen-bond acceptors (Lipinski definition) is 4. The van der Waals surface area contributed by atoms with Crippen molar-refractivity contribution in [2.45, 2.75) is 52.2 Å². The zero-order valence-corrected chi connectivity index (χ0v) is 13.7. The van der Waals surface area contributed by atoms with Crippen molar-refractivity contribution in [3.8, 4) is 0 Å². The highest BCUT2D eigenvalue weighted by Crippen LogP contribution is 2.20. The molecule has 0 bridgehead atoms. The lowest BCUT2D eigenvalue weighted by atomic mass is 10.1. The minimum Gasteiger partial charge on any atom is -0.442 e. The van der Waals surface area contributed by atoms with Gasteiger partial charge in [-0.25, -0.2) is 4.79 Å². The SMILES string of the molecule is CC(C)(C)OC(=O)N(O)c1cccc(CN2CCCCC2)c1. The van der Waals surface area contributed by atoms with E-state index in [4.69, 9.17) is 4.74 Å². The van der Waals surface area contributed by atoms with Gasteiger partial charge in [-0.15, -0.1) is 0 Å². The van der Waals surface area contributed by atoms with Gasteiger partial charge < -0.3 is 4.74 Å². The van der Waals surface area contributed by atoms with Crippen LogP contribution in [0.1, 0.15) is 45.6 Å². The van der Waals surface area contributed by atoms with E-state index < -0.39 is 11.7 Å². The van der Waals surface area contributed by atoms with Crippen molar-refractivity contribution in [1.82, 2.24) is 4.90 Å². The first-order chi connectivity index (χ1) is 10.3. The van der Waals surface area contributed by atoms with Crippen LogP contribution < -0.4 is 5.06 Å². The first-order valence-corrected chi connectivity index (χ1v) is 7.88. The third-order valence-corrected chi connectivity index (χ3v) is 3.58. The first kappa shape index (κ1) is 16.8. The van der Waals surface area contributed by atoms with Crippen molar-refractivity contribution in [3.05, 3.63) is 29.8 Å². The summed E-state index contributed by atoms with van der Waals surface area (Å²) >= 11 is 0. The monoisotopic (exact) mass is 306 g/mol. The molecular formula is C17H26N2O3. The van der Waals surface area contributed by atoms with Crippen LogP contribution in [0.25, 0.3) is 0 Å². The summed E-state index contributed by atoms with van der Waals surface area (Å²) in [5.74, 6) is 0. The fourth-order valence-electron chi connectivity index (χ4n) is 2.57. The van der Waals surface area contributed by atoms with Crippen LogP contribution in [0.3, 0.4) is 0 Å². The highest BCUT2D eigenvalue weighted by atomic mass is 16.6. The molecule has 1 N–H and O–H groups in total. The van der Waals surface area contributed by atoms with Crippen molar-refractivity contribution < 1.29 is 14.7 Å². The van der Waals surface area contributed by atoms with Gasteiger partial charge >= 0.3 is 6.09 Å². The highest BCUT2D eigenvalue weighted by molar-refractivity contribution is 5.85. The number of hydrogen-bond donors (Lipinski definition) is 1. The predicted octanol–water partition coefficient (Wildman–Crippen LogP) is 3.80. The van der Waals surface area contributed by atoms with E-state index in [-0.39, 0.29) is 0 Å². The summed E-state index contributed by atoms with van der Waals surface area (Å²) in [6, 6.07) is 7.39. The summed E-state index contributed by atoms with van der Waals surface area (Å²) in [5.41, 5.74) is 0.884. The third kappa shape index (κ3) is 5.00. The summed E-state index contributed by atoms with van der Waals surface area (Å²) in [5, 5.41) is 10.6. The van der Waals surface area contributed by atoms with Gasteiger partial charge in [0.1, 0.15) is 5.60 Å². The molecule has 1 amide bonds. The third-order valence-electron chi connectivity index (χ3n) is 3.58. The standard InChI is InChI=1S/C17H26N2O3/c1-17(2,3)22-16(20)19(21)15-9-7-8-14(12-15)13-18-10-5-4-6-11-18/h7-9,12,21H,4-6,10-11,13H2,1-3H3. The number of rotatable bonds is 3. The largest absolute Gasteiger partial charge is 0.442 e. The van der Waals surface area contributed by atoms with Crippen molar-refractivity contribution in [3.63, 3.8) is 0 Å². The van der Waals surface area contributed by atoms with Crippen LogP contribution in [0.5, 0.6) is 0 Å². The molecule has 0 radical (unpaired) electrons. The highest BCUT2D eigenvalue weighted by Gasteiger charge is 2.22. The molecule has 1 aliphatic rings. The number of piperidine rings is 1. The van der Waals surface area contributed by atoms with E-state index in [9.17, 15) is 10.0 Å². The molecule has 1 aliphatic heterocycles. The number of ether oxygens (including phenoxy) is 1. The van der Waals surface area contributed by atoms with Gasteiger partial charge in [-0.3, -0.25) is 10.1 Å². The summed E-state index contributed by atoms with van der Waals surface area (Å²) in [7, 11) is 0. The van der Waals surface area contributed by atoms with E-state index in [1.165, 1.54) is 19.3 Å². The topological polar surface area (TPSA) is 53.0 Å². The van der Waals surface area contributed by atoms with Gasteiger partial charge in [-0.1, -0.05) is 18.6 Å². The minimum atomic E-state index is -0.761. The lowest BCUT2D eigenvalue weighted by Crippen LogP contribution is -2.34. The van der Waals surface area contributed by atoms with Crippen LogP contribution in [0.4, 0.5) is 10.5 Å². The van der Waals surface area contributed by atoms with E-state index >= 15 is 0 Å². The number of anilines is 1. The second-order valence-corrected chi connectivity index (χ2v) is 6.80. The molecule has 2 rings (SSSR count). The fourth-order valence-corrected chi connectivity index (χ4v) is 2.57. The normalized spacial score (nSPS) is 16.4. The van der Waals surface area contributed by atoms with Gasteiger partial charge in [-0.05, 0) is 64.4 Å². The molecule has 22 heavy (non-hydrogen) atoms. The minimum absolute atomic E-state index is 0.434. The molecule has 0 saturated carbocycles. The maximum absolute atomic E-state index is 11.9. The summed E-state index contributed by atoms with van der Waals surface area (Å²) in [6.07, 6.45) is 3.02. The summed E-state index contributed by atoms with van der Waals surface area (Å²) < 4.78 is 5.17. The predicted molar refractivity (Wildman–Crippen MR) is 86.1 cm³/mol. The van der Waals surface area contributed by atoms with Crippen LogP contribution in [-0.2, 0) is 11.3 Å². The van der Waals surface area contributed by atoms with Gasteiger partial charge in [0, 0.05) is 6.54 Å².